The van der Waals surface area contributed by atoms with Crippen molar-refractivity contribution in [1.82, 2.24) is 4.98 Å². The van der Waals surface area contributed by atoms with Crippen LogP contribution in [0.2, 0.25) is 0 Å². The molecule has 2 heterocycles. The van der Waals surface area contributed by atoms with Gasteiger partial charge in [0.1, 0.15) is 0 Å². The van der Waals surface area contributed by atoms with Crippen LogP contribution in [0.25, 0.3) is 10.8 Å². The highest BCUT2D eigenvalue weighted by molar-refractivity contribution is 7.11. The first kappa shape index (κ1) is 14.9. The lowest BCUT2D eigenvalue weighted by atomic mass is 10.1. The van der Waals surface area contributed by atoms with E-state index in [2.05, 4.69) is 4.98 Å². The highest BCUT2D eigenvalue weighted by atomic mass is 32.1. The van der Waals surface area contributed by atoms with Crippen molar-refractivity contribution < 1.29 is 14.7 Å². The average Bonchev–Trinajstić information content (AvgIpc) is 2.92. The molecule has 0 aliphatic heterocycles. The van der Waals surface area contributed by atoms with Crippen molar-refractivity contribution in [3.05, 3.63) is 64.1 Å². The SMILES string of the molecule is Cc1ccsc1C=O.O=C(O)c1nccc2ccccc12. The van der Waals surface area contributed by atoms with Crippen LogP contribution >= 0.6 is 11.3 Å². The Morgan fingerprint density at radius 2 is 2.00 bits per heavy atom. The second-order valence-corrected chi connectivity index (χ2v) is 5.22. The molecule has 0 unspecified atom stereocenters. The van der Waals surface area contributed by atoms with Crippen molar-refractivity contribution in [3.63, 3.8) is 0 Å². The Morgan fingerprint density at radius 3 is 2.57 bits per heavy atom. The maximum atomic E-state index is 10.8. The predicted molar refractivity (Wildman–Crippen MR) is 83.1 cm³/mol. The number of benzene rings is 1. The molecule has 0 saturated carbocycles. The summed E-state index contributed by atoms with van der Waals surface area (Å²) in [7, 11) is 0. The fourth-order valence-corrected chi connectivity index (χ4v) is 2.52. The standard InChI is InChI=1S/C10H7NO2.C6H6OS/c12-10(13)9-8-4-2-1-3-7(8)5-6-11-9;1-5-2-3-8-6(5)4-7/h1-6H,(H,12,13);2-4H,1H3. The third-order valence-electron chi connectivity index (χ3n) is 2.88. The van der Waals surface area contributed by atoms with E-state index in [-0.39, 0.29) is 5.69 Å². The van der Waals surface area contributed by atoms with Gasteiger partial charge in [-0.3, -0.25) is 4.79 Å². The van der Waals surface area contributed by atoms with E-state index in [1.165, 1.54) is 17.5 Å². The van der Waals surface area contributed by atoms with E-state index in [4.69, 9.17) is 5.11 Å². The first-order chi connectivity index (χ1) is 10.1. The Balaban J connectivity index is 0.000000173. The maximum Gasteiger partial charge on any atom is 0.355 e. The molecule has 0 radical (unpaired) electrons. The number of nitrogens with zero attached hydrogens (tertiary/aromatic N) is 1. The summed E-state index contributed by atoms with van der Waals surface area (Å²) in [6, 6.07) is 11.0. The van der Waals surface area contributed by atoms with Gasteiger partial charge in [0.15, 0.2) is 12.0 Å². The van der Waals surface area contributed by atoms with E-state index < -0.39 is 5.97 Å². The van der Waals surface area contributed by atoms with Gasteiger partial charge < -0.3 is 5.11 Å². The summed E-state index contributed by atoms with van der Waals surface area (Å²) in [5.41, 5.74) is 1.18. The molecule has 0 spiro atoms. The van der Waals surface area contributed by atoms with Crippen LogP contribution in [-0.4, -0.2) is 22.3 Å². The van der Waals surface area contributed by atoms with Crippen molar-refractivity contribution in [2.45, 2.75) is 6.92 Å². The number of aryl methyl sites for hydroxylation is 1. The topological polar surface area (TPSA) is 67.3 Å². The molecule has 3 aromatic rings. The van der Waals surface area contributed by atoms with Crippen LogP contribution in [0.5, 0.6) is 0 Å². The molecule has 1 aromatic carbocycles. The monoisotopic (exact) mass is 299 g/mol. The average molecular weight is 299 g/mol. The second-order valence-electron chi connectivity index (χ2n) is 4.27. The molecule has 5 heteroatoms. The van der Waals surface area contributed by atoms with Crippen LogP contribution in [-0.2, 0) is 0 Å². The highest BCUT2D eigenvalue weighted by Crippen LogP contribution is 2.15. The number of pyridine rings is 1. The molecular formula is C16H13NO3S. The second kappa shape index (κ2) is 6.76. The van der Waals surface area contributed by atoms with Crippen molar-refractivity contribution in [2.75, 3.05) is 0 Å². The van der Waals surface area contributed by atoms with Gasteiger partial charge in [-0.05, 0) is 35.4 Å². The lowest BCUT2D eigenvalue weighted by Crippen LogP contribution is -2.00. The van der Waals surface area contributed by atoms with Gasteiger partial charge in [0.05, 0.1) is 4.88 Å². The Kier molecular flexibility index (Phi) is 4.79. The van der Waals surface area contributed by atoms with Crippen LogP contribution in [0.3, 0.4) is 0 Å². The smallest absolute Gasteiger partial charge is 0.355 e. The summed E-state index contributed by atoms with van der Waals surface area (Å²) in [6.45, 7) is 1.93. The number of carboxylic acids is 1. The zero-order valence-electron chi connectivity index (χ0n) is 11.3. The zero-order chi connectivity index (χ0) is 15.2. The number of thiophene rings is 1. The molecule has 1 N–H and O–H groups in total. The van der Waals surface area contributed by atoms with E-state index in [1.54, 1.807) is 18.2 Å². The molecule has 0 amide bonds. The highest BCUT2D eigenvalue weighted by Gasteiger charge is 2.07. The molecule has 3 rings (SSSR count). The van der Waals surface area contributed by atoms with E-state index in [1.807, 2.05) is 30.5 Å². The number of hydrogen-bond donors (Lipinski definition) is 1. The van der Waals surface area contributed by atoms with Gasteiger partial charge in [0.2, 0.25) is 0 Å². The van der Waals surface area contributed by atoms with Crippen LogP contribution in [0.15, 0.2) is 48.0 Å². The molecule has 21 heavy (non-hydrogen) atoms. The summed E-state index contributed by atoms with van der Waals surface area (Å²) in [4.78, 5) is 25.5. The molecule has 0 aliphatic rings. The zero-order valence-corrected chi connectivity index (χ0v) is 12.1. The number of aromatic carboxylic acids is 1. The third-order valence-corrected chi connectivity index (χ3v) is 3.83. The maximum absolute atomic E-state index is 10.8. The van der Waals surface area contributed by atoms with Gasteiger partial charge in [0.25, 0.3) is 0 Å². The number of aldehydes is 1. The number of carboxylic acid groups (broad SMARTS) is 1. The van der Waals surface area contributed by atoms with E-state index >= 15 is 0 Å². The van der Waals surface area contributed by atoms with E-state index in [9.17, 15) is 9.59 Å². The first-order valence-electron chi connectivity index (χ1n) is 6.20. The fourth-order valence-electron chi connectivity index (χ4n) is 1.80. The van der Waals surface area contributed by atoms with Crippen molar-refractivity contribution in [1.29, 1.82) is 0 Å². The molecule has 0 aliphatic carbocycles. The normalized spacial score (nSPS) is 9.76. The lowest BCUT2D eigenvalue weighted by Gasteiger charge is -1.99. The lowest BCUT2D eigenvalue weighted by molar-refractivity contribution is 0.0692. The van der Waals surface area contributed by atoms with Crippen LogP contribution in [0, 0.1) is 6.92 Å². The number of hydrogen-bond acceptors (Lipinski definition) is 4. The molecular weight excluding hydrogens is 286 g/mol. The molecule has 0 saturated heterocycles. The van der Waals surface area contributed by atoms with Crippen molar-refractivity contribution in [2.24, 2.45) is 0 Å². The van der Waals surface area contributed by atoms with Gasteiger partial charge in [-0.25, -0.2) is 9.78 Å². The predicted octanol–water partition coefficient (Wildman–Crippen LogP) is 3.80. The van der Waals surface area contributed by atoms with Crippen molar-refractivity contribution >= 4 is 34.4 Å². The minimum Gasteiger partial charge on any atom is -0.476 e. The van der Waals surface area contributed by atoms with Crippen molar-refractivity contribution in [3.8, 4) is 0 Å². The van der Waals surface area contributed by atoms with Gasteiger partial charge in [-0.2, -0.15) is 0 Å². The van der Waals surface area contributed by atoms with Crippen LogP contribution < -0.4 is 0 Å². The summed E-state index contributed by atoms with van der Waals surface area (Å²) < 4.78 is 0. The Bertz CT molecular complexity index is 775. The molecule has 4 nitrogen and oxygen atoms in total. The number of aromatic nitrogens is 1. The molecule has 0 bridgehead atoms. The van der Waals surface area contributed by atoms with Crippen LogP contribution in [0.4, 0.5) is 0 Å². The van der Waals surface area contributed by atoms with E-state index in [0.29, 0.717) is 5.39 Å². The Morgan fingerprint density at radius 1 is 1.24 bits per heavy atom. The summed E-state index contributed by atoms with van der Waals surface area (Å²) >= 11 is 1.48. The largest absolute Gasteiger partial charge is 0.476 e. The number of fused-ring (bicyclic) bond motifs is 1. The molecule has 2 aromatic heterocycles. The number of rotatable bonds is 2. The quantitative estimate of drug-likeness (QED) is 0.731. The number of carbonyl (C=O) groups is 2. The third kappa shape index (κ3) is 3.52. The first-order valence-corrected chi connectivity index (χ1v) is 7.07. The summed E-state index contributed by atoms with van der Waals surface area (Å²) in [5.74, 6) is -0.989. The number of carbonyl (C=O) groups excluding carboxylic acids is 1. The van der Waals surface area contributed by atoms with Gasteiger partial charge in [-0.1, -0.05) is 24.3 Å². The van der Waals surface area contributed by atoms with Gasteiger partial charge in [-0.15, -0.1) is 11.3 Å². The van der Waals surface area contributed by atoms with Gasteiger partial charge in [0, 0.05) is 11.6 Å². The Labute approximate surface area is 125 Å². The van der Waals surface area contributed by atoms with Gasteiger partial charge >= 0.3 is 5.97 Å². The molecule has 0 fully saturated rings. The summed E-state index contributed by atoms with van der Waals surface area (Å²) in [6.07, 6.45) is 2.39. The Hall–Kier alpha value is -2.53. The minimum atomic E-state index is -0.989. The molecule has 0 atom stereocenters. The van der Waals surface area contributed by atoms with Crippen LogP contribution in [0.1, 0.15) is 25.7 Å². The van der Waals surface area contributed by atoms with E-state index in [0.717, 1.165) is 22.1 Å². The minimum absolute atomic E-state index is 0.109. The summed E-state index contributed by atoms with van der Waals surface area (Å²) in [5, 5.41) is 12.3. The molecule has 106 valence electrons. The fraction of sp³-hybridized carbons (Fsp3) is 0.0625.